The largest absolute Gasteiger partial charge is 0.459 e. The Morgan fingerprint density at radius 3 is 2.74 bits per heavy atom. The highest BCUT2D eigenvalue weighted by Crippen LogP contribution is 2.26. The molecule has 0 spiro atoms. The highest BCUT2D eigenvalue weighted by Gasteiger charge is 2.14. The molecule has 0 bridgehead atoms. The third-order valence-electron chi connectivity index (χ3n) is 3.38. The third-order valence-corrected chi connectivity index (χ3v) is 3.38. The molecule has 2 heterocycles. The van der Waals surface area contributed by atoms with E-state index in [1.165, 1.54) is 0 Å². The maximum absolute atomic E-state index is 5.92. The second kappa shape index (κ2) is 4.55. The molecule has 0 aliphatic heterocycles. The van der Waals surface area contributed by atoms with Gasteiger partial charge in [-0.15, -0.1) is 0 Å². The molecule has 0 aliphatic carbocycles. The predicted molar refractivity (Wildman–Crippen MR) is 74.9 cm³/mol. The summed E-state index contributed by atoms with van der Waals surface area (Å²) in [7, 11) is 0. The van der Waals surface area contributed by atoms with Gasteiger partial charge in [-0.3, -0.25) is 4.68 Å². The van der Waals surface area contributed by atoms with Crippen LogP contribution < -0.4 is 5.73 Å². The van der Waals surface area contributed by atoms with Gasteiger partial charge in [0.05, 0.1) is 12.2 Å². The molecule has 98 valence electrons. The van der Waals surface area contributed by atoms with Crippen LogP contribution in [0.15, 0.2) is 34.7 Å². The van der Waals surface area contributed by atoms with Gasteiger partial charge in [-0.2, -0.15) is 5.10 Å². The average Bonchev–Trinajstić information content (AvgIpc) is 2.89. The zero-order valence-corrected chi connectivity index (χ0v) is 11.2. The summed E-state index contributed by atoms with van der Waals surface area (Å²) < 4.78 is 7.87. The minimum atomic E-state index is 0.478. The number of nitrogens with zero attached hydrogens (tertiary/aromatic N) is 2. The summed E-state index contributed by atoms with van der Waals surface area (Å²) in [6, 6.07) is 10.1. The summed E-state index contributed by atoms with van der Waals surface area (Å²) >= 11 is 0. The van der Waals surface area contributed by atoms with Crippen molar-refractivity contribution in [2.45, 2.75) is 26.9 Å². The molecule has 19 heavy (non-hydrogen) atoms. The van der Waals surface area contributed by atoms with Crippen LogP contribution in [0, 0.1) is 13.8 Å². The number of aryl methyl sites for hydroxylation is 2. The molecule has 0 aliphatic rings. The third kappa shape index (κ3) is 2.04. The standard InChI is InChI=1S/C15H17N3O/c1-10-7-11(2)18(17-10)9-15-13(8-16)12-5-3-4-6-14(12)19-15/h3-7H,8-9,16H2,1-2H3. The molecule has 0 unspecified atom stereocenters. The summed E-state index contributed by atoms with van der Waals surface area (Å²) in [4.78, 5) is 0. The fourth-order valence-electron chi connectivity index (χ4n) is 2.47. The molecule has 2 aromatic heterocycles. The van der Waals surface area contributed by atoms with Crippen LogP contribution in [-0.4, -0.2) is 9.78 Å². The maximum Gasteiger partial charge on any atom is 0.134 e. The zero-order valence-electron chi connectivity index (χ0n) is 11.2. The summed E-state index contributed by atoms with van der Waals surface area (Å²) in [6.07, 6.45) is 0. The molecule has 1 aromatic carbocycles. The van der Waals surface area contributed by atoms with Crippen molar-refractivity contribution in [1.82, 2.24) is 9.78 Å². The fraction of sp³-hybridized carbons (Fsp3) is 0.267. The van der Waals surface area contributed by atoms with E-state index in [4.69, 9.17) is 10.2 Å². The number of rotatable bonds is 3. The number of nitrogens with two attached hydrogens (primary N) is 1. The van der Waals surface area contributed by atoms with Crippen molar-refractivity contribution in [3.05, 3.63) is 53.0 Å². The molecular formula is C15H17N3O. The van der Waals surface area contributed by atoms with Gasteiger partial charge >= 0.3 is 0 Å². The minimum Gasteiger partial charge on any atom is -0.459 e. The quantitative estimate of drug-likeness (QED) is 0.783. The second-order valence-corrected chi connectivity index (χ2v) is 4.79. The van der Waals surface area contributed by atoms with Gasteiger partial charge in [0.25, 0.3) is 0 Å². The van der Waals surface area contributed by atoms with E-state index in [-0.39, 0.29) is 0 Å². The van der Waals surface area contributed by atoms with Crippen molar-refractivity contribution in [2.75, 3.05) is 0 Å². The van der Waals surface area contributed by atoms with E-state index in [9.17, 15) is 0 Å². The molecular weight excluding hydrogens is 238 g/mol. The van der Waals surface area contributed by atoms with Gasteiger partial charge in [0.1, 0.15) is 11.3 Å². The van der Waals surface area contributed by atoms with E-state index in [1.807, 2.05) is 42.8 Å². The Morgan fingerprint density at radius 2 is 2.05 bits per heavy atom. The monoisotopic (exact) mass is 255 g/mol. The van der Waals surface area contributed by atoms with Crippen LogP contribution >= 0.6 is 0 Å². The Bertz CT molecular complexity index is 724. The lowest BCUT2D eigenvalue weighted by molar-refractivity contribution is 0.498. The molecule has 0 saturated heterocycles. The van der Waals surface area contributed by atoms with Crippen LogP contribution in [0.5, 0.6) is 0 Å². The van der Waals surface area contributed by atoms with Crippen molar-refractivity contribution < 1.29 is 4.42 Å². The maximum atomic E-state index is 5.92. The van der Waals surface area contributed by atoms with E-state index >= 15 is 0 Å². The van der Waals surface area contributed by atoms with Gasteiger partial charge in [-0.25, -0.2) is 0 Å². The molecule has 0 saturated carbocycles. The molecule has 0 radical (unpaired) electrons. The zero-order chi connectivity index (χ0) is 13.4. The van der Waals surface area contributed by atoms with Crippen molar-refractivity contribution in [3.8, 4) is 0 Å². The predicted octanol–water partition coefficient (Wildman–Crippen LogP) is 2.75. The average molecular weight is 255 g/mol. The van der Waals surface area contributed by atoms with Crippen molar-refractivity contribution in [2.24, 2.45) is 5.73 Å². The van der Waals surface area contributed by atoms with Gasteiger partial charge in [-0.05, 0) is 26.0 Å². The molecule has 0 amide bonds. The number of hydrogen-bond donors (Lipinski definition) is 1. The molecule has 4 heteroatoms. The Morgan fingerprint density at radius 1 is 1.26 bits per heavy atom. The van der Waals surface area contributed by atoms with E-state index in [2.05, 4.69) is 11.2 Å². The Hall–Kier alpha value is -2.07. The van der Waals surface area contributed by atoms with Crippen molar-refractivity contribution in [1.29, 1.82) is 0 Å². The van der Waals surface area contributed by atoms with Crippen LogP contribution in [0.1, 0.15) is 22.7 Å². The van der Waals surface area contributed by atoms with Crippen LogP contribution in [0.4, 0.5) is 0 Å². The molecule has 4 nitrogen and oxygen atoms in total. The van der Waals surface area contributed by atoms with E-state index in [0.717, 1.165) is 33.7 Å². The first kappa shape index (κ1) is 12.0. The topological polar surface area (TPSA) is 57.0 Å². The fourth-order valence-corrected chi connectivity index (χ4v) is 2.47. The number of benzene rings is 1. The van der Waals surface area contributed by atoms with E-state index < -0.39 is 0 Å². The summed E-state index contributed by atoms with van der Waals surface area (Å²) in [5.41, 5.74) is 9.97. The molecule has 3 aromatic rings. The molecule has 2 N–H and O–H groups in total. The van der Waals surface area contributed by atoms with Gasteiger partial charge in [0, 0.05) is 23.2 Å². The Balaban J connectivity index is 2.07. The highest BCUT2D eigenvalue weighted by molar-refractivity contribution is 5.82. The van der Waals surface area contributed by atoms with Gasteiger partial charge < -0.3 is 10.2 Å². The Labute approximate surface area is 111 Å². The molecule has 3 rings (SSSR count). The minimum absolute atomic E-state index is 0.478. The summed E-state index contributed by atoms with van der Waals surface area (Å²) in [5.74, 6) is 0.898. The van der Waals surface area contributed by atoms with Crippen LogP contribution in [0.3, 0.4) is 0 Å². The number of para-hydroxylation sites is 1. The van der Waals surface area contributed by atoms with Crippen LogP contribution in [-0.2, 0) is 13.1 Å². The second-order valence-electron chi connectivity index (χ2n) is 4.79. The number of fused-ring (bicyclic) bond motifs is 1. The molecule has 0 atom stereocenters. The lowest BCUT2D eigenvalue weighted by Gasteiger charge is -2.03. The van der Waals surface area contributed by atoms with E-state index in [0.29, 0.717) is 13.1 Å². The van der Waals surface area contributed by atoms with Crippen LogP contribution in [0.25, 0.3) is 11.0 Å². The van der Waals surface area contributed by atoms with Crippen LogP contribution in [0.2, 0.25) is 0 Å². The lowest BCUT2D eigenvalue weighted by Crippen LogP contribution is -2.07. The van der Waals surface area contributed by atoms with Crippen molar-refractivity contribution in [3.63, 3.8) is 0 Å². The molecule has 0 fully saturated rings. The first-order valence-electron chi connectivity index (χ1n) is 6.39. The summed E-state index contributed by atoms with van der Waals surface area (Å²) in [6.45, 7) is 5.14. The van der Waals surface area contributed by atoms with Crippen molar-refractivity contribution >= 4 is 11.0 Å². The first-order valence-corrected chi connectivity index (χ1v) is 6.39. The highest BCUT2D eigenvalue weighted by atomic mass is 16.3. The van der Waals surface area contributed by atoms with Gasteiger partial charge in [-0.1, -0.05) is 18.2 Å². The number of hydrogen-bond acceptors (Lipinski definition) is 3. The van der Waals surface area contributed by atoms with Gasteiger partial charge in [0.2, 0.25) is 0 Å². The number of furan rings is 1. The smallest absolute Gasteiger partial charge is 0.134 e. The summed E-state index contributed by atoms with van der Waals surface area (Å²) in [5, 5.41) is 5.57. The Kier molecular flexibility index (Phi) is 2.87. The normalized spacial score (nSPS) is 11.3. The first-order chi connectivity index (χ1) is 9.19. The lowest BCUT2D eigenvalue weighted by atomic mass is 10.1. The van der Waals surface area contributed by atoms with Gasteiger partial charge in [0.15, 0.2) is 0 Å². The SMILES string of the molecule is Cc1cc(C)n(Cc2oc3ccccc3c2CN)n1. The van der Waals surface area contributed by atoms with E-state index in [1.54, 1.807) is 0 Å². The number of aromatic nitrogens is 2.